The molecule has 2 aliphatic rings. The first kappa shape index (κ1) is 21.2. The molecule has 0 spiro atoms. The van der Waals surface area contributed by atoms with Crippen LogP contribution in [0.3, 0.4) is 0 Å². The summed E-state index contributed by atoms with van der Waals surface area (Å²) in [5.74, 6) is 1.00. The van der Waals surface area contributed by atoms with E-state index < -0.39 is 0 Å². The average molecular weight is 426 g/mol. The Balaban J connectivity index is 1.60. The number of rotatable bonds is 5. The van der Waals surface area contributed by atoms with Gasteiger partial charge in [0, 0.05) is 37.8 Å². The lowest BCUT2D eigenvalue weighted by Crippen LogP contribution is -2.40. The Morgan fingerprint density at radius 2 is 1.94 bits per heavy atom. The molecule has 2 aliphatic heterocycles. The van der Waals surface area contributed by atoms with Gasteiger partial charge >= 0.3 is 0 Å². The first-order valence-corrected chi connectivity index (χ1v) is 10.8. The van der Waals surface area contributed by atoms with Crippen molar-refractivity contribution in [3.05, 3.63) is 52.7 Å². The first-order valence-electron chi connectivity index (χ1n) is 10.8. The summed E-state index contributed by atoms with van der Waals surface area (Å²) in [5, 5.41) is 2.59. The number of likely N-dealkylation sites (tertiary alicyclic amines) is 1. The SMILES string of the molecule is CC(=O)NCC(=O)N1CCC[C@@H]1c1nc(C)c2c(n1)N(Cc1ccc(F)cc1)CCC2. The van der Waals surface area contributed by atoms with Gasteiger partial charge in [-0.2, -0.15) is 0 Å². The fourth-order valence-electron chi connectivity index (χ4n) is 4.46. The molecule has 1 saturated heterocycles. The van der Waals surface area contributed by atoms with Gasteiger partial charge in [-0.1, -0.05) is 12.1 Å². The van der Waals surface area contributed by atoms with E-state index >= 15 is 0 Å². The number of anilines is 1. The van der Waals surface area contributed by atoms with E-state index in [-0.39, 0.29) is 30.2 Å². The standard InChI is InChI=1S/C23H28FN5O2/c1-15-19-5-3-11-28(14-17-7-9-18(24)10-8-17)23(19)27-22(26-15)20-6-4-12-29(20)21(31)13-25-16(2)30/h7-10,20H,3-6,11-14H2,1-2H3,(H,25,30)/t20-/m1/s1. The number of amides is 2. The number of carbonyl (C=O) groups excluding carboxylic acids is 2. The minimum absolute atomic E-state index is 0.00749. The molecule has 0 unspecified atom stereocenters. The molecule has 31 heavy (non-hydrogen) atoms. The summed E-state index contributed by atoms with van der Waals surface area (Å²) in [6.07, 6.45) is 3.64. The smallest absolute Gasteiger partial charge is 0.242 e. The molecular formula is C23H28FN5O2. The Bertz CT molecular complexity index is 979. The molecule has 164 valence electrons. The van der Waals surface area contributed by atoms with Crippen LogP contribution in [0.15, 0.2) is 24.3 Å². The second-order valence-electron chi connectivity index (χ2n) is 8.28. The van der Waals surface area contributed by atoms with Crippen LogP contribution < -0.4 is 10.2 Å². The number of hydrogen-bond acceptors (Lipinski definition) is 5. The Morgan fingerprint density at radius 3 is 2.68 bits per heavy atom. The third-order valence-corrected chi connectivity index (χ3v) is 6.01. The van der Waals surface area contributed by atoms with Crippen LogP contribution in [-0.2, 0) is 22.6 Å². The molecular weight excluding hydrogens is 397 g/mol. The number of aromatic nitrogens is 2. The lowest BCUT2D eigenvalue weighted by atomic mass is 10.0. The number of hydrogen-bond donors (Lipinski definition) is 1. The predicted molar refractivity (Wildman–Crippen MR) is 115 cm³/mol. The van der Waals surface area contributed by atoms with Crippen LogP contribution in [0.25, 0.3) is 0 Å². The number of nitrogens with one attached hydrogen (secondary N) is 1. The summed E-state index contributed by atoms with van der Waals surface area (Å²) in [5.41, 5.74) is 3.12. The number of halogens is 1. The molecule has 0 aliphatic carbocycles. The number of carbonyl (C=O) groups is 2. The highest BCUT2D eigenvalue weighted by Crippen LogP contribution is 2.34. The van der Waals surface area contributed by atoms with Crippen molar-refractivity contribution >= 4 is 17.6 Å². The Labute approximate surface area is 181 Å². The molecule has 1 atom stereocenters. The van der Waals surface area contributed by atoms with Gasteiger partial charge in [-0.15, -0.1) is 0 Å². The number of nitrogens with zero attached hydrogens (tertiary/aromatic N) is 4. The summed E-state index contributed by atoms with van der Waals surface area (Å²) in [6.45, 7) is 5.56. The lowest BCUT2D eigenvalue weighted by molar-refractivity contribution is -0.133. The van der Waals surface area contributed by atoms with Gasteiger partial charge in [0.2, 0.25) is 11.8 Å². The van der Waals surface area contributed by atoms with E-state index in [1.54, 1.807) is 17.0 Å². The van der Waals surface area contributed by atoms with Crippen molar-refractivity contribution in [1.82, 2.24) is 20.2 Å². The van der Waals surface area contributed by atoms with E-state index in [0.717, 1.165) is 54.9 Å². The van der Waals surface area contributed by atoms with Crippen molar-refractivity contribution in [2.45, 2.75) is 52.1 Å². The monoisotopic (exact) mass is 425 g/mol. The van der Waals surface area contributed by atoms with Gasteiger partial charge in [0.15, 0.2) is 5.82 Å². The molecule has 4 rings (SSSR count). The molecule has 1 N–H and O–H groups in total. The zero-order chi connectivity index (χ0) is 22.0. The van der Waals surface area contributed by atoms with Crippen molar-refractivity contribution in [3.8, 4) is 0 Å². The fraction of sp³-hybridized carbons (Fsp3) is 0.478. The molecule has 1 fully saturated rings. The minimum Gasteiger partial charge on any atom is -0.352 e. The van der Waals surface area contributed by atoms with Crippen LogP contribution in [0.1, 0.15) is 54.9 Å². The van der Waals surface area contributed by atoms with Crippen molar-refractivity contribution in [1.29, 1.82) is 0 Å². The topological polar surface area (TPSA) is 78.4 Å². The minimum atomic E-state index is -0.242. The van der Waals surface area contributed by atoms with Crippen molar-refractivity contribution in [2.24, 2.45) is 0 Å². The maximum Gasteiger partial charge on any atom is 0.242 e. The molecule has 0 radical (unpaired) electrons. The first-order chi connectivity index (χ1) is 14.9. The summed E-state index contributed by atoms with van der Waals surface area (Å²) in [6, 6.07) is 6.39. The van der Waals surface area contributed by atoms with Crippen molar-refractivity contribution < 1.29 is 14.0 Å². The maximum atomic E-state index is 13.3. The largest absolute Gasteiger partial charge is 0.352 e. The third kappa shape index (κ3) is 4.68. The highest BCUT2D eigenvalue weighted by atomic mass is 19.1. The van der Waals surface area contributed by atoms with E-state index in [0.29, 0.717) is 18.9 Å². The van der Waals surface area contributed by atoms with Gasteiger partial charge in [-0.25, -0.2) is 14.4 Å². The maximum absolute atomic E-state index is 13.3. The predicted octanol–water partition coefficient (Wildman–Crippen LogP) is 2.68. The molecule has 0 bridgehead atoms. The summed E-state index contributed by atoms with van der Waals surface area (Å²) < 4.78 is 13.3. The van der Waals surface area contributed by atoms with Crippen LogP contribution in [0, 0.1) is 12.7 Å². The van der Waals surface area contributed by atoms with Gasteiger partial charge in [0.1, 0.15) is 11.6 Å². The molecule has 1 aromatic heterocycles. The Hall–Kier alpha value is -3.03. The Kier molecular flexibility index (Phi) is 6.15. The van der Waals surface area contributed by atoms with Crippen molar-refractivity contribution in [3.63, 3.8) is 0 Å². The van der Waals surface area contributed by atoms with Crippen LogP contribution in [0.5, 0.6) is 0 Å². The van der Waals surface area contributed by atoms with Crippen LogP contribution in [-0.4, -0.2) is 46.3 Å². The van der Waals surface area contributed by atoms with Gasteiger partial charge in [0.05, 0.1) is 12.6 Å². The molecule has 3 heterocycles. The average Bonchev–Trinajstić information content (AvgIpc) is 3.24. The summed E-state index contributed by atoms with van der Waals surface area (Å²) >= 11 is 0. The van der Waals surface area contributed by atoms with Crippen molar-refractivity contribution in [2.75, 3.05) is 24.5 Å². The second-order valence-corrected chi connectivity index (χ2v) is 8.28. The zero-order valence-electron chi connectivity index (χ0n) is 18.0. The molecule has 0 saturated carbocycles. The summed E-state index contributed by atoms with van der Waals surface area (Å²) in [4.78, 5) is 37.6. The quantitative estimate of drug-likeness (QED) is 0.797. The number of aryl methyl sites for hydroxylation is 1. The van der Waals surface area contributed by atoms with E-state index in [2.05, 4.69) is 10.2 Å². The zero-order valence-corrected chi connectivity index (χ0v) is 18.0. The highest BCUT2D eigenvalue weighted by molar-refractivity contribution is 5.84. The van der Waals surface area contributed by atoms with Gasteiger partial charge < -0.3 is 15.1 Å². The molecule has 1 aromatic carbocycles. The molecule has 8 heteroatoms. The van der Waals surface area contributed by atoms with E-state index in [9.17, 15) is 14.0 Å². The summed E-state index contributed by atoms with van der Waals surface area (Å²) in [7, 11) is 0. The van der Waals surface area contributed by atoms with E-state index in [1.807, 2.05) is 6.92 Å². The van der Waals surface area contributed by atoms with Gasteiger partial charge in [-0.05, 0) is 50.3 Å². The molecule has 2 aromatic rings. The normalized spacial score (nSPS) is 18.1. The second kappa shape index (κ2) is 8.99. The van der Waals surface area contributed by atoms with Crippen LogP contribution in [0.4, 0.5) is 10.2 Å². The molecule has 2 amide bonds. The van der Waals surface area contributed by atoms with Gasteiger partial charge in [0.25, 0.3) is 0 Å². The van der Waals surface area contributed by atoms with Gasteiger partial charge in [-0.3, -0.25) is 9.59 Å². The lowest BCUT2D eigenvalue weighted by Gasteiger charge is -2.32. The number of fused-ring (bicyclic) bond motifs is 1. The van der Waals surface area contributed by atoms with E-state index in [4.69, 9.17) is 9.97 Å². The third-order valence-electron chi connectivity index (χ3n) is 6.01. The van der Waals surface area contributed by atoms with Crippen LogP contribution in [0.2, 0.25) is 0 Å². The van der Waals surface area contributed by atoms with E-state index in [1.165, 1.54) is 19.1 Å². The van der Waals surface area contributed by atoms with Crippen LogP contribution >= 0.6 is 0 Å². The molecule has 7 nitrogen and oxygen atoms in total. The fourth-order valence-corrected chi connectivity index (χ4v) is 4.46. The Morgan fingerprint density at radius 1 is 1.16 bits per heavy atom. The number of benzene rings is 1. The highest BCUT2D eigenvalue weighted by Gasteiger charge is 2.33.